The molecule has 0 aromatic carbocycles. The van der Waals surface area contributed by atoms with Crippen LogP contribution < -0.4 is 0 Å². The molecule has 1 rings (SSSR count). The number of hydrogen-bond acceptors (Lipinski definition) is 2. The standard InChI is InChI=1S/C9H16IN3/c1-7(12(2)3)5-8-6-13(4)9(10)11-8/h6-7H,5H2,1-4H3/t7-/m1/s1. The Balaban J connectivity index is 2.64. The van der Waals surface area contributed by atoms with Gasteiger partial charge in [0.25, 0.3) is 0 Å². The number of aryl methyl sites for hydroxylation is 1. The molecule has 1 aromatic rings. The third-order valence-corrected chi connectivity index (χ3v) is 3.26. The molecule has 0 radical (unpaired) electrons. The Bertz CT molecular complexity index is 261. The van der Waals surface area contributed by atoms with E-state index in [9.17, 15) is 0 Å². The molecule has 0 saturated heterocycles. The maximum Gasteiger partial charge on any atom is 0.171 e. The highest BCUT2D eigenvalue weighted by Gasteiger charge is 2.09. The molecular formula is C9H16IN3. The molecule has 0 aliphatic rings. The molecule has 4 heteroatoms. The molecule has 0 bridgehead atoms. The first kappa shape index (κ1) is 11.0. The Morgan fingerprint density at radius 2 is 2.23 bits per heavy atom. The van der Waals surface area contributed by atoms with E-state index in [1.165, 1.54) is 5.69 Å². The van der Waals surface area contributed by atoms with Gasteiger partial charge in [0, 0.05) is 25.7 Å². The predicted octanol–water partition coefficient (Wildman–Crippen LogP) is 1.52. The van der Waals surface area contributed by atoms with E-state index < -0.39 is 0 Å². The summed E-state index contributed by atoms with van der Waals surface area (Å²) in [5, 5.41) is 0. The van der Waals surface area contributed by atoms with Gasteiger partial charge in [-0.2, -0.15) is 0 Å². The van der Waals surface area contributed by atoms with Gasteiger partial charge in [-0.15, -0.1) is 0 Å². The Labute approximate surface area is 93.3 Å². The van der Waals surface area contributed by atoms with Crippen molar-refractivity contribution in [2.24, 2.45) is 7.05 Å². The normalized spacial score (nSPS) is 13.7. The van der Waals surface area contributed by atoms with E-state index in [4.69, 9.17) is 0 Å². The van der Waals surface area contributed by atoms with Crippen molar-refractivity contribution >= 4 is 22.6 Å². The second kappa shape index (κ2) is 4.41. The number of nitrogens with zero attached hydrogens (tertiary/aromatic N) is 3. The number of aromatic nitrogens is 2. The second-order valence-electron chi connectivity index (χ2n) is 3.63. The molecule has 0 spiro atoms. The number of likely N-dealkylation sites (N-methyl/N-ethyl adjacent to an activating group) is 1. The summed E-state index contributed by atoms with van der Waals surface area (Å²) in [5.41, 5.74) is 1.17. The third kappa shape index (κ3) is 2.95. The predicted molar refractivity (Wildman–Crippen MR) is 62.8 cm³/mol. The topological polar surface area (TPSA) is 21.1 Å². The van der Waals surface area contributed by atoms with Gasteiger partial charge in [0.15, 0.2) is 3.83 Å². The molecule has 0 amide bonds. The van der Waals surface area contributed by atoms with Gasteiger partial charge in [-0.3, -0.25) is 0 Å². The largest absolute Gasteiger partial charge is 0.329 e. The van der Waals surface area contributed by atoms with Crippen molar-refractivity contribution in [3.05, 3.63) is 15.7 Å². The Hall–Kier alpha value is -0.100. The average molecular weight is 293 g/mol. The van der Waals surface area contributed by atoms with E-state index in [0.29, 0.717) is 6.04 Å². The lowest BCUT2D eigenvalue weighted by molar-refractivity contribution is 0.311. The Morgan fingerprint density at radius 1 is 1.62 bits per heavy atom. The molecule has 1 atom stereocenters. The van der Waals surface area contributed by atoms with E-state index in [-0.39, 0.29) is 0 Å². The smallest absolute Gasteiger partial charge is 0.171 e. The highest BCUT2D eigenvalue weighted by molar-refractivity contribution is 14.1. The third-order valence-electron chi connectivity index (χ3n) is 2.26. The molecule has 0 fully saturated rings. The van der Waals surface area contributed by atoms with E-state index in [0.717, 1.165) is 10.3 Å². The van der Waals surface area contributed by atoms with Gasteiger partial charge in [-0.25, -0.2) is 4.98 Å². The summed E-state index contributed by atoms with van der Waals surface area (Å²) < 4.78 is 3.11. The van der Waals surface area contributed by atoms with Crippen LogP contribution in [-0.4, -0.2) is 34.6 Å². The summed E-state index contributed by atoms with van der Waals surface area (Å²) in [6.45, 7) is 2.21. The highest BCUT2D eigenvalue weighted by Crippen LogP contribution is 2.08. The SMILES string of the molecule is C[C@H](Cc1cn(C)c(I)n1)N(C)C. The molecule has 0 N–H and O–H groups in total. The van der Waals surface area contributed by atoms with Crippen molar-refractivity contribution in [1.82, 2.24) is 14.5 Å². The fraction of sp³-hybridized carbons (Fsp3) is 0.667. The van der Waals surface area contributed by atoms with Crippen LogP contribution in [0.5, 0.6) is 0 Å². The van der Waals surface area contributed by atoms with Crippen molar-refractivity contribution < 1.29 is 0 Å². The fourth-order valence-corrected chi connectivity index (χ4v) is 1.54. The van der Waals surface area contributed by atoms with Gasteiger partial charge in [0.1, 0.15) is 0 Å². The Morgan fingerprint density at radius 3 is 2.62 bits per heavy atom. The van der Waals surface area contributed by atoms with Crippen LogP contribution in [0, 0.1) is 3.83 Å². The average Bonchev–Trinajstić information content (AvgIpc) is 2.31. The van der Waals surface area contributed by atoms with Crippen LogP contribution >= 0.6 is 22.6 Å². The van der Waals surface area contributed by atoms with Gasteiger partial charge >= 0.3 is 0 Å². The molecule has 74 valence electrons. The van der Waals surface area contributed by atoms with Crippen molar-refractivity contribution in [3.8, 4) is 0 Å². The summed E-state index contributed by atoms with van der Waals surface area (Å²) in [5.74, 6) is 0. The summed E-state index contributed by atoms with van der Waals surface area (Å²) in [7, 11) is 6.22. The number of hydrogen-bond donors (Lipinski definition) is 0. The zero-order valence-electron chi connectivity index (χ0n) is 8.58. The second-order valence-corrected chi connectivity index (χ2v) is 4.59. The lowest BCUT2D eigenvalue weighted by Gasteiger charge is -2.18. The van der Waals surface area contributed by atoms with Crippen molar-refractivity contribution in [1.29, 1.82) is 0 Å². The minimum Gasteiger partial charge on any atom is -0.329 e. The zero-order valence-corrected chi connectivity index (χ0v) is 10.7. The van der Waals surface area contributed by atoms with Crippen LogP contribution in [0.4, 0.5) is 0 Å². The lowest BCUT2D eigenvalue weighted by atomic mass is 10.2. The molecule has 3 nitrogen and oxygen atoms in total. The van der Waals surface area contributed by atoms with E-state index >= 15 is 0 Å². The monoisotopic (exact) mass is 293 g/mol. The molecule has 0 aliphatic heterocycles. The summed E-state index contributed by atoms with van der Waals surface area (Å²) in [6.07, 6.45) is 3.12. The van der Waals surface area contributed by atoms with Crippen molar-refractivity contribution in [2.45, 2.75) is 19.4 Å². The van der Waals surface area contributed by atoms with E-state index in [1.54, 1.807) is 0 Å². The molecule has 0 unspecified atom stereocenters. The molecular weight excluding hydrogens is 277 g/mol. The molecule has 0 saturated carbocycles. The maximum absolute atomic E-state index is 4.46. The quantitative estimate of drug-likeness (QED) is 0.788. The maximum atomic E-state index is 4.46. The molecule has 1 aromatic heterocycles. The van der Waals surface area contributed by atoms with Gasteiger partial charge in [0.2, 0.25) is 0 Å². The Kier molecular flexibility index (Phi) is 3.73. The minimum atomic E-state index is 0.547. The van der Waals surface area contributed by atoms with Crippen LogP contribution in [0.3, 0.4) is 0 Å². The molecule has 1 heterocycles. The van der Waals surface area contributed by atoms with Crippen LogP contribution in [0.25, 0.3) is 0 Å². The zero-order chi connectivity index (χ0) is 10.0. The van der Waals surface area contributed by atoms with Crippen LogP contribution in [0.1, 0.15) is 12.6 Å². The van der Waals surface area contributed by atoms with Crippen molar-refractivity contribution in [3.63, 3.8) is 0 Å². The van der Waals surface area contributed by atoms with Gasteiger partial charge in [-0.1, -0.05) is 0 Å². The summed E-state index contributed by atoms with van der Waals surface area (Å²) >= 11 is 2.25. The fourth-order valence-electron chi connectivity index (χ4n) is 1.09. The molecule has 0 aliphatic carbocycles. The van der Waals surface area contributed by atoms with Crippen LogP contribution in [0.15, 0.2) is 6.20 Å². The number of rotatable bonds is 3. The first-order valence-corrected chi connectivity index (χ1v) is 5.42. The molecule has 13 heavy (non-hydrogen) atoms. The van der Waals surface area contributed by atoms with Crippen LogP contribution in [-0.2, 0) is 13.5 Å². The lowest BCUT2D eigenvalue weighted by Crippen LogP contribution is -2.26. The summed E-state index contributed by atoms with van der Waals surface area (Å²) in [6, 6.07) is 0.547. The number of imidazole rings is 1. The first-order valence-electron chi connectivity index (χ1n) is 4.35. The minimum absolute atomic E-state index is 0.547. The number of halogens is 1. The first-order chi connectivity index (χ1) is 6.00. The summed E-state index contributed by atoms with van der Waals surface area (Å²) in [4.78, 5) is 6.67. The van der Waals surface area contributed by atoms with Gasteiger partial charge in [0.05, 0.1) is 5.69 Å². The van der Waals surface area contributed by atoms with E-state index in [1.807, 2.05) is 7.05 Å². The van der Waals surface area contributed by atoms with Gasteiger partial charge < -0.3 is 9.47 Å². The highest BCUT2D eigenvalue weighted by atomic mass is 127. The van der Waals surface area contributed by atoms with Crippen LogP contribution in [0.2, 0.25) is 0 Å². The van der Waals surface area contributed by atoms with Gasteiger partial charge in [-0.05, 0) is 43.6 Å². The van der Waals surface area contributed by atoms with E-state index in [2.05, 4.69) is 64.3 Å². The van der Waals surface area contributed by atoms with Crippen molar-refractivity contribution in [2.75, 3.05) is 14.1 Å².